The molecule has 0 fully saturated rings. The quantitative estimate of drug-likeness (QED) is 0.804. The minimum Gasteiger partial charge on any atom is -0.340 e. The van der Waals surface area contributed by atoms with Crippen molar-refractivity contribution in [2.24, 2.45) is 0 Å². The van der Waals surface area contributed by atoms with Crippen LogP contribution in [-0.4, -0.2) is 25.9 Å². The van der Waals surface area contributed by atoms with Crippen LogP contribution >= 0.6 is 0 Å². The van der Waals surface area contributed by atoms with Gasteiger partial charge in [-0.05, 0) is 18.2 Å². The van der Waals surface area contributed by atoms with Crippen LogP contribution in [0.5, 0.6) is 0 Å². The molecule has 0 bridgehead atoms. The summed E-state index contributed by atoms with van der Waals surface area (Å²) in [5, 5.41) is 2.93. The summed E-state index contributed by atoms with van der Waals surface area (Å²) in [7, 11) is 3.57. The molecule has 22 heavy (non-hydrogen) atoms. The van der Waals surface area contributed by atoms with Crippen molar-refractivity contribution in [1.29, 1.82) is 0 Å². The van der Waals surface area contributed by atoms with Crippen molar-refractivity contribution in [2.75, 3.05) is 23.9 Å². The van der Waals surface area contributed by atoms with E-state index < -0.39 is 5.66 Å². The van der Waals surface area contributed by atoms with Crippen LogP contribution in [-0.2, 0) is 10.5 Å². The number of amides is 2. The number of fused-ring (bicyclic) bond motifs is 3. The SMILES string of the molecule is CN1C(=O)[C@@]2(NC(=O)c3ccccc3N2C)c2ccccc21. The summed E-state index contributed by atoms with van der Waals surface area (Å²) < 4.78 is 0. The molecule has 0 aliphatic carbocycles. The summed E-state index contributed by atoms with van der Waals surface area (Å²) >= 11 is 0. The first kappa shape index (κ1) is 12.9. The standard InChI is InChI=1S/C17H15N3O2/c1-19-14-10-6-4-8-12(14)17(16(19)22)18-15(21)11-7-3-5-9-13(11)20(17)2/h3-10H,1-2H3,(H,18,21)/t17-/m1/s1. The van der Waals surface area contributed by atoms with Gasteiger partial charge in [0.1, 0.15) is 0 Å². The summed E-state index contributed by atoms with van der Waals surface area (Å²) in [6.07, 6.45) is 0. The Kier molecular flexibility index (Phi) is 2.40. The van der Waals surface area contributed by atoms with Gasteiger partial charge >= 0.3 is 0 Å². The van der Waals surface area contributed by atoms with E-state index in [-0.39, 0.29) is 11.8 Å². The molecule has 2 amide bonds. The fourth-order valence-corrected chi connectivity index (χ4v) is 3.44. The molecule has 4 rings (SSSR count). The summed E-state index contributed by atoms with van der Waals surface area (Å²) in [4.78, 5) is 29.0. The number of carbonyl (C=O) groups is 2. The number of likely N-dealkylation sites (N-methyl/N-ethyl adjacent to an activating group) is 2. The van der Waals surface area contributed by atoms with Gasteiger partial charge in [-0.1, -0.05) is 30.3 Å². The molecule has 2 aromatic carbocycles. The van der Waals surface area contributed by atoms with Crippen LogP contribution in [0.25, 0.3) is 0 Å². The van der Waals surface area contributed by atoms with Crippen LogP contribution in [0.2, 0.25) is 0 Å². The smallest absolute Gasteiger partial charge is 0.278 e. The van der Waals surface area contributed by atoms with Crippen molar-refractivity contribution in [2.45, 2.75) is 5.66 Å². The molecule has 0 saturated carbocycles. The van der Waals surface area contributed by atoms with Gasteiger partial charge in [0, 0.05) is 19.7 Å². The highest BCUT2D eigenvalue weighted by Gasteiger charge is 2.56. The average molecular weight is 293 g/mol. The lowest BCUT2D eigenvalue weighted by Gasteiger charge is -2.43. The number of hydrogen-bond acceptors (Lipinski definition) is 3. The van der Waals surface area contributed by atoms with Crippen molar-refractivity contribution < 1.29 is 9.59 Å². The van der Waals surface area contributed by atoms with E-state index in [1.165, 1.54) is 0 Å². The number of carbonyl (C=O) groups excluding carboxylic acids is 2. The third-order valence-electron chi connectivity index (χ3n) is 4.58. The maximum Gasteiger partial charge on any atom is 0.278 e. The molecular formula is C17H15N3O2. The van der Waals surface area contributed by atoms with Crippen LogP contribution < -0.4 is 15.1 Å². The lowest BCUT2D eigenvalue weighted by molar-refractivity contribution is -0.123. The molecule has 5 heteroatoms. The van der Waals surface area contributed by atoms with Crippen molar-refractivity contribution >= 4 is 23.2 Å². The first-order chi connectivity index (χ1) is 10.6. The van der Waals surface area contributed by atoms with Crippen LogP contribution in [0.15, 0.2) is 48.5 Å². The Balaban J connectivity index is 2.00. The summed E-state index contributed by atoms with van der Waals surface area (Å²) in [6, 6.07) is 14.9. The Bertz CT molecular complexity index is 817. The molecular weight excluding hydrogens is 278 g/mol. The molecule has 0 unspecified atom stereocenters. The van der Waals surface area contributed by atoms with Gasteiger partial charge in [-0.25, -0.2) is 0 Å². The van der Waals surface area contributed by atoms with E-state index in [1.807, 2.05) is 54.4 Å². The molecule has 2 aliphatic rings. The Labute approximate surface area is 128 Å². The van der Waals surface area contributed by atoms with Gasteiger partial charge in [0.2, 0.25) is 5.66 Å². The zero-order valence-corrected chi connectivity index (χ0v) is 12.3. The van der Waals surface area contributed by atoms with Crippen molar-refractivity contribution in [3.8, 4) is 0 Å². The lowest BCUT2D eigenvalue weighted by atomic mass is 9.93. The number of benzene rings is 2. The number of para-hydroxylation sites is 2. The highest BCUT2D eigenvalue weighted by Crippen LogP contribution is 2.45. The Morgan fingerprint density at radius 1 is 0.909 bits per heavy atom. The monoisotopic (exact) mass is 293 g/mol. The molecule has 2 aromatic rings. The minimum absolute atomic E-state index is 0.154. The fraction of sp³-hybridized carbons (Fsp3) is 0.176. The van der Waals surface area contributed by atoms with Crippen molar-refractivity contribution in [3.05, 3.63) is 59.7 Å². The Morgan fingerprint density at radius 2 is 1.55 bits per heavy atom. The van der Waals surface area contributed by atoms with E-state index in [4.69, 9.17) is 0 Å². The highest BCUT2D eigenvalue weighted by atomic mass is 16.2. The number of rotatable bonds is 0. The largest absolute Gasteiger partial charge is 0.340 e. The van der Waals surface area contributed by atoms with Gasteiger partial charge in [-0.15, -0.1) is 0 Å². The third kappa shape index (κ3) is 1.33. The summed E-state index contributed by atoms with van der Waals surface area (Å²) in [5.41, 5.74) is 1.78. The Morgan fingerprint density at radius 3 is 2.32 bits per heavy atom. The van der Waals surface area contributed by atoms with Crippen molar-refractivity contribution in [1.82, 2.24) is 5.32 Å². The second-order valence-corrected chi connectivity index (χ2v) is 5.62. The summed E-state index contributed by atoms with van der Waals surface area (Å²) in [5.74, 6) is -0.383. The maximum atomic E-state index is 13.0. The molecule has 5 nitrogen and oxygen atoms in total. The van der Waals surface area contributed by atoms with E-state index in [0.717, 1.165) is 16.9 Å². The highest BCUT2D eigenvalue weighted by molar-refractivity contribution is 6.15. The number of nitrogens with zero attached hydrogens (tertiary/aromatic N) is 2. The molecule has 110 valence electrons. The van der Waals surface area contributed by atoms with Gasteiger partial charge in [0.25, 0.3) is 11.8 Å². The second-order valence-electron chi connectivity index (χ2n) is 5.62. The van der Waals surface area contributed by atoms with Gasteiger partial charge in [-0.2, -0.15) is 0 Å². The molecule has 2 aliphatic heterocycles. The van der Waals surface area contributed by atoms with Gasteiger partial charge < -0.3 is 15.1 Å². The van der Waals surface area contributed by atoms with Crippen LogP contribution in [0.1, 0.15) is 15.9 Å². The molecule has 1 spiro atoms. The Hall–Kier alpha value is -2.82. The van der Waals surface area contributed by atoms with Gasteiger partial charge in [-0.3, -0.25) is 9.59 Å². The minimum atomic E-state index is -1.17. The van der Waals surface area contributed by atoms with E-state index in [2.05, 4.69) is 5.32 Å². The third-order valence-corrected chi connectivity index (χ3v) is 4.58. The average Bonchev–Trinajstić information content (AvgIpc) is 2.76. The van der Waals surface area contributed by atoms with Gasteiger partial charge in [0.05, 0.1) is 16.9 Å². The topological polar surface area (TPSA) is 52.7 Å². The second kappa shape index (κ2) is 4.10. The number of anilines is 2. The first-order valence-electron chi connectivity index (χ1n) is 7.10. The molecule has 0 saturated heterocycles. The zero-order valence-electron chi connectivity index (χ0n) is 12.3. The normalized spacial score (nSPS) is 22.6. The zero-order chi connectivity index (χ0) is 15.5. The lowest BCUT2D eigenvalue weighted by Crippen LogP contribution is -2.64. The van der Waals surface area contributed by atoms with E-state index in [9.17, 15) is 9.59 Å². The van der Waals surface area contributed by atoms with E-state index in [0.29, 0.717) is 5.56 Å². The van der Waals surface area contributed by atoms with E-state index >= 15 is 0 Å². The maximum absolute atomic E-state index is 13.0. The van der Waals surface area contributed by atoms with Crippen LogP contribution in [0, 0.1) is 0 Å². The molecule has 0 aromatic heterocycles. The summed E-state index contributed by atoms with van der Waals surface area (Å²) in [6.45, 7) is 0. The van der Waals surface area contributed by atoms with Crippen LogP contribution in [0.4, 0.5) is 11.4 Å². The number of nitrogens with one attached hydrogen (secondary N) is 1. The molecule has 2 heterocycles. The predicted molar refractivity (Wildman–Crippen MR) is 83.8 cm³/mol. The fourth-order valence-electron chi connectivity index (χ4n) is 3.44. The van der Waals surface area contributed by atoms with E-state index in [1.54, 1.807) is 18.0 Å². The van der Waals surface area contributed by atoms with Crippen molar-refractivity contribution in [3.63, 3.8) is 0 Å². The molecule has 1 atom stereocenters. The molecule has 0 radical (unpaired) electrons. The number of hydrogen-bond donors (Lipinski definition) is 1. The molecule has 1 N–H and O–H groups in total. The first-order valence-corrected chi connectivity index (χ1v) is 7.10. The van der Waals surface area contributed by atoms with Crippen LogP contribution in [0.3, 0.4) is 0 Å². The predicted octanol–water partition coefficient (Wildman–Crippen LogP) is 1.70. The van der Waals surface area contributed by atoms with Gasteiger partial charge in [0.15, 0.2) is 0 Å².